The Morgan fingerprint density at radius 1 is 0.341 bits per heavy atom. The van der Waals surface area contributed by atoms with E-state index in [9.17, 15) is 59.7 Å². The molecule has 16 aromatic rings. The van der Waals surface area contributed by atoms with Crippen LogP contribution in [0.3, 0.4) is 0 Å². The minimum absolute atomic E-state index is 0. The van der Waals surface area contributed by atoms with Gasteiger partial charge >= 0.3 is 96.0 Å². The van der Waals surface area contributed by atoms with Gasteiger partial charge < -0.3 is 76.5 Å². The monoisotopic (exact) mass is 2550 g/mol. The van der Waals surface area contributed by atoms with Gasteiger partial charge in [-0.05, 0) is 100 Å². The molecule has 0 spiro atoms. The molecule has 16 heterocycles. The van der Waals surface area contributed by atoms with Gasteiger partial charge in [0.15, 0.2) is 5.69 Å². The number of hydrogen-bond donors (Lipinski definition) is 0. The number of imidazole rings is 8. The Morgan fingerprint density at radius 3 is 1.10 bits per heavy atom. The molecule has 0 unspecified atom stereocenters. The third-order valence-electron chi connectivity index (χ3n) is 22.1. The van der Waals surface area contributed by atoms with Crippen molar-refractivity contribution in [2.75, 3.05) is 0 Å². The second kappa shape index (κ2) is 41.6. The van der Waals surface area contributed by atoms with Crippen molar-refractivity contribution < 1.29 is 128 Å². The molecule has 135 heavy (non-hydrogen) atoms. The third kappa shape index (κ3) is 20.5. The van der Waals surface area contributed by atoms with Crippen LogP contribution in [-0.4, -0.2) is 116 Å². The molecule has 0 saturated carbocycles. The van der Waals surface area contributed by atoms with Gasteiger partial charge in [-0.1, -0.05) is 171 Å². The first kappa shape index (κ1) is 105. The van der Waals surface area contributed by atoms with E-state index in [0.717, 1.165) is 56.9 Å². The zero-order chi connectivity index (χ0) is 95.0. The normalized spacial score (nSPS) is 11.2. The number of nitriles is 3. The molecule has 0 aromatic carbocycles. The molecular formula is C91H66F10N30Pt4. The van der Waals surface area contributed by atoms with Crippen LogP contribution in [0.4, 0.5) is 61.2 Å². The van der Waals surface area contributed by atoms with Crippen LogP contribution in [0.5, 0.6) is 0 Å². The molecule has 0 saturated heterocycles. The van der Waals surface area contributed by atoms with Crippen molar-refractivity contribution in [1.82, 2.24) is 116 Å². The van der Waals surface area contributed by atoms with Crippen LogP contribution in [-0.2, 0) is 112 Å². The van der Waals surface area contributed by atoms with Gasteiger partial charge in [-0.2, -0.15) is 14.0 Å². The molecule has 0 radical (unpaired) electrons. The Morgan fingerprint density at radius 2 is 0.719 bits per heavy atom. The molecule has 16 rings (SSSR count). The molecule has 0 aliphatic heterocycles. The summed E-state index contributed by atoms with van der Waals surface area (Å²) >= 11 is 0. The van der Waals surface area contributed by atoms with Crippen molar-refractivity contribution >= 4 is 17.3 Å². The fraction of sp³-hybridized carbons (Fsp3) is 0.231. The van der Waals surface area contributed by atoms with Crippen molar-refractivity contribution in [2.24, 2.45) is 0 Å². The van der Waals surface area contributed by atoms with E-state index >= 15 is 0 Å². The number of aromatic nitrogens is 24. The summed E-state index contributed by atoms with van der Waals surface area (Å²) in [5.41, 5.74) is 6.08. The Hall–Kier alpha value is -14.1. The summed E-state index contributed by atoms with van der Waals surface area (Å²) in [4.78, 5) is 75.7. The fourth-order valence-corrected chi connectivity index (χ4v) is 13.0. The van der Waals surface area contributed by atoms with Crippen LogP contribution in [0.25, 0.3) is 61.1 Å². The van der Waals surface area contributed by atoms with Gasteiger partial charge in [0.2, 0.25) is 0 Å². The maximum Gasteiger partial charge on any atom is 2.00 e. The second-order valence-corrected chi connectivity index (χ2v) is 31.3. The molecule has 0 aliphatic rings. The summed E-state index contributed by atoms with van der Waals surface area (Å²) < 4.78 is 150. The molecule has 44 heteroatoms. The summed E-state index contributed by atoms with van der Waals surface area (Å²) in [6.45, 7) is 53.2. The largest absolute Gasteiger partial charge is 2.00 e. The van der Waals surface area contributed by atoms with E-state index in [-0.39, 0.29) is 140 Å². The minimum atomic E-state index is -4.32. The fourth-order valence-electron chi connectivity index (χ4n) is 13.0. The van der Waals surface area contributed by atoms with E-state index in [1.807, 2.05) is 147 Å². The van der Waals surface area contributed by atoms with Gasteiger partial charge in [-0.25, -0.2) is 41.7 Å². The number of aryl methyl sites for hydroxylation is 4. The topological polar surface area (TPSA) is 330 Å². The van der Waals surface area contributed by atoms with Gasteiger partial charge in [0.25, 0.3) is 12.1 Å². The Labute approximate surface area is 823 Å². The van der Waals surface area contributed by atoms with E-state index in [4.69, 9.17) is 39.7 Å². The van der Waals surface area contributed by atoms with E-state index < -0.39 is 97.7 Å². The summed E-state index contributed by atoms with van der Waals surface area (Å²) in [5.74, 6) is -14.0. The van der Waals surface area contributed by atoms with Gasteiger partial charge in [0, 0.05) is 129 Å². The molecule has 0 N–H and O–H groups in total. The number of pyridine rings is 8. The zero-order valence-corrected chi connectivity index (χ0v) is 82.4. The standard InChI is InChI=1S/C26H18N10.C25H22N8.C23H22F2N6.C17H4F8N6.4Pt/c1-25(2,19-9-7-11-21(33-19)35-15-31-17(13-27)18(35)14-28)26(3,4)20-10-8-12-22(34-20)36-16-32-23(29-5)24(36)30-6;1-15-17(3)32(13-28-15)23-9-19(12-26)8-21(30-23)25(5,6)22-10-20(27-7)11-24(31-22)33-14-29-16(2)18(33)4;1-13-15(3)30(11-26-13)21-17(24)7-9-19(28-21)23(5,6)20-10-8-18(25)22(29-20)31-12-27-14(2)16(31)4;18-7-1-9(28-11(3-7)30-5-26-13(20)15(30)22)17(24,25)10-2-8(19)4-12(29-10)31-6-27-14(21)16(31)23;;;;/h7-12H,1-4H3;8-11H,1-6H3;7-10H,1-6H3;1-4H;;;;/q4*-2;4*+2. The van der Waals surface area contributed by atoms with Crippen LogP contribution in [0.1, 0.15) is 163 Å². The smallest absolute Gasteiger partial charge is 0.416 e. The summed E-state index contributed by atoms with van der Waals surface area (Å²) in [6.07, 6.45) is 20.3. The van der Waals surface area contributed by atoms with Crippen LogP contribution in [0.2, 0.25) is 0 Å². The van der Waals surface area contributed by atoms with E-state index in [0.29, 0.717) is 69.4 Å². The Balaban J connectivity index is 0.000000200. The molecule has 0 fully saturated rings. The molecule has 0 amide bonds. The van der Waals surface area contributed by atoms with Gasteiger partial charge in [-0.15, -0.1) is 0 Å². The number of nitrogens with zero attached hydrogens (tertiary/aromatic N) is 30. The summed E-state index contributed by atoms with van der Waals surface area (Å²) in [6, 6.07) is 31.4. The molecular weight excluding hydrogens is 2480 g/mol. The zero-order valence-electron chi connectivity index (χ0n) is 73.4. The van der Waals surface area contributed by atoms with Crippen molar-refractivity contribution in [3.05, 3.63) is 349 Å². The molecule has 0 atom stereocenters. The molecule has 16 aromatic heterocycles. The number of hydrogen-bond acceptors (Lipinski definition) is 19. The van der Waals surface area contributed by atoms with Crippen molar-refractivity contribution in [3.63, 3.8) is 0 Å². The number of halogens is 10. The first-order valence-electron chi connectivity index (χ1n) is 38.9. The molecule has 0 aliphatic carbocycles. The third-order valence-corrected chi connectivity index (χ3v) is 22.1. The maximum absolute atomic E-state index is 15.0. The van der Waals surface area contributed by atoms with Gasteiger partial charge in [-0.3, -0.25) is 53.2 Å². The SMILES string of the molecule is Cc1n[c-]n(-c2nc(C(C)(C)c3ccc(F)c(-n4[c-]nc(C)c4C)n3)ccc2F)c1C.Fc1cc(-n2[c-]nc(F)c2F)nc(C(F)(F)c2cc(F)cc(-n3[c-]nc(F)c3F)n2)c1.[C-]#[N+]c1cc(-n2[c-]nc(C)c2C)nc(C(C)(C)c2cc(C#N)cc(-n3[c-]nc(C)c3C)n2)c1.[C-]#[N+]c1n[c-]n(-c2cccc(C(C)(C)C(C)(C)c3cccc(-n4[c-]nc(C#N)c4C#N)n3)n2)c1[N+]#[C-].[Pt+2].[Pt+2].[Pt+2].[Pt+2]. The van der Waals surface area contributed by atoms with E-state index in [1.165, 1.54) is 30.4 Å². The number of rotatable bonds is 17. The number of alkyl halides is 2. The van der Waals surface area contributed by atoms with Crippen LogP contribution in [0, 0.1) is 207 Å². The predicted octanol–water partition coefficient (Wildman–Crippen LogP) is 16.7. The van der Waals surface area contributed by atoms with E-state index in [2.05, 4.69) is 118 Å². The van der Waals surface area contributed by atoms with Crippen LogP contribution >= 0.6 is 0 Å². The Bertz CT molecular complexity index is 7030. The van der Waals surface area contributed by atoms with Crippen molar-refractivity contribution in [1.29, 1.82) is 15.8 Å². The molecule has 0 bridgehead atoms. The van der Waals surface area contributed by atoms with Crippen molar-refractivity contribution in [3.8, 4) is 64.8 Å². The first-order valence-corrected chi connectivity index (χ1v) is 38.9. The molecule has 30 nitrogen and oxygen atoms in total. The van der Waals surface area contributed by atoms with Gasteiger partial charge in [0.1, 0.15) is 64.3 Å². The molecule has 690 valence electrons. The average Bonchev–Trinajstić information content (AvgIpc) is 1.67. The quantitative estimate of drug-likeness (QED) is 0.0603. The second-order valence-electron chi connectivity index (χ2n) is 31.3. The van der Waals surface area contributed by atoms with Crippen LogP contribution in [0.15, 0.2) is 109 Å². The average molecular weight is 2550 g/mol. The Kier molecular flexibility index (Phi) is 32.2. The van der Waals surface area contributed by atoms with Crippen LogP contribution < -0.4 is 0 Å². The van der Waals surface area contributed by atoms with Gasteiger partial charge in [0.05, 0.1) is 65.4 Å². The van der Waals surface area contributed by atoms with E-state index in [1.54, 1.807) is 70.3 Å². The predicted molar refractivity (Wildman–Crippen MR) is 445 cm³/mol. The minimum Gasteiger partial charge on any atom is -0.416 e. The first-order chi connectivity index (χ1) is 62.0. The van der Waals surface area contributed by atoms with Crippen molar-refractivity contribution in [2.45, 2.75) is 138 Å². The summed E-state index contributed by atoms with van der Waals surface area (Å²) in [5, 5.41) is 28.4. The summed E-state index contributed by atoms with van der Waals surface area (Å²) in [7, 11) is 0. The maximum atomic E-state index is 15.0.